The van der Waals surface area contributed by atoms with E-state index < -0.39 is 20.8 Å². The van der Waals surface area contributed by atoms with E-state index in [9.17, 15) is 18.5 Å². The van der Waals surface area contributed by atoms with Gasteiger partial charge in [-0.05, 0) is 21.9 Å². The van der Waals surface area contributed by atoms with Gasteiger partial charge in [-0.3, -0.25) is 0 Å². The summed E-state index contributed by atoms with van der Waals surface area (Å²) in [5, 5.41) is 10.4. The van der Waals surface area contributed by atoms with Crippen LogP contribution in [0.25, 0.3) is 0 Å². The number of nitrogens with zero attached hydrogens (tertiary/aromatic N) is 2. The van der Waals surface area contributed by atoms with Gasteiger partial charge in [0.05, 0.1) is 0 Å². The van der Waals surface area contributed by atoms with Crippen LogP contribution in [0.15, 0.2) is 23.2 Å². The van der Waals surface area contributed by atoms with E-state index in [1.165, 1.54) is 0 Å². The lowest BCUT2D eigenvalue weighted by Crippen LogP contribution is -2.40. The molecule has 19 heavy (non-hydrogen) atoms. The van der Waals surface area contributed by atoms with E-state index in [0.29, 0.717) is 0 Å². The van der Waals surface area contributed by atoms with Gasteiger partial charge in [-0.2, -0.15) is 0 Å². The molecule has 0 saturated heterocycles. The van der Waals surface area contributed by atoms with Crippen molar-refractivity contribution in [1.82, 2.24) is 9.71 Å². The van der Waals surface area contributed by atoms with Gasteiger partial charge in [0.1, 0.15) is 4.90 Å². The minimum atomic E-state index is -3.75. The first-order valence-corrected chi connectivity index (χ1v) is 7.08. The summed E-state index contributed by atoms with van der Waals surface area (Å²) in [4.78, 5) is 13.0. The SMILES string of the molecule is CC(C)C(N)CNS(=O)(=O)c1ccc([N+](=O)[O-])nc1. The van der Waals surface area contributed by atoms with Crippen LogP contribution in [0, 0.1) is 16.0 Å². The number of nitrogens with two attached hydrogens (primary N) is 1. The summed E-state index contributed by atoms with van der Waals surface area (Å²) in [6, 6.07) is 1.87. The zero-order valence-corrected chi connectivity index (χ0v) is 11.4. The van der Waals surface area contributed by atoms with Crippen LogP contribution in [0.3, 0.4) is 0 Å². The molecule has 1 aromatic heterocycles. The number of sulfonamides is 1. The van der Waals surface area contributed by atoms with Crippen LogP contribution in [-0.2, 0) is 10.0 Å². The van der Waals surface area contributed by atoms with Crippen LogP contribution >= 0.6 is 0 Å². The van der Waals surface area contributed by atoms with Gasteiger partial charge in [-0.25, -0.2) is 13.1 Å². The Morgan fingerprint density at radius 2 is 2.11 bits per heavy atom. The smallest absolute Gasteiger partial charge is 0.358 e. The summed E-state index contributed by atoms with van der Waals surface area (Å²) in [6.07, 6.45) is 0.946. The number of pyridine rings is 1. The van der Waals surface area contributed by atoms with Crippen LogP contribution in [0.4, 0.5) is 5.82 Å². The van der Waals surface area contributed by atoms with Crippen molar-refractivity contribution >= 4 is 15.8 Å². The molecule has 0 amide bonds. The minimum absolute atomic E-state index is 0.0942. The van der Waals surface area contributed by atoms with Gasteiger partial charge in [0.15, 0.2) is 6.20 Å². The Balaban J connectivity index is 2.80. The molecule has 0 fully saturated rings. The van der Waals surface area contributed by atoms with Gasteiger partial charge in [0.2, 0.25) is 10.0 Å². The van der Waals surface area contributed by atoms with Crippen LogP contribution < -0.4 is 10.5 Å². The Labute approximate surface area is 111 Å². The number of rotatable bonds is 6. The van der Waals surface area contributed by atoms with Gasteiger partial charge in [-0.1, -0.05) is 13.8 Å². The van der Waals surface area contributed by atoms with E-state index >= 15 is 0 Å². The standard InChI is InChI=1S/C10H16N4O4S/c1-7(2)9(11)6-13-19(17,18)8-3-4-10(12-5-8)14(15)16/h3-5,7,9,13H,6,11H2,1-2H3. The molecule has 0 bridgehead atoms. The molecule has 1 rings (SSSR count). The lowest BCUT2D eigenvalue weighted by atomic mass is 10.1. The summed E-state index contributed by atoms with van der Waals surface area (Å²) < 4.78 is 26.1. The first-order valence-electron chi connectivity index (χ1n) is 5.59. The molecule has 3 N–H and O–H groups in total. The lowest BCUT2D eigenvalue weighted by molar-refractivity contribution is -0.389. The van der Waals surface area contributed by atoms with Crippen molar-refractivity contribution in [2.24, 2.45) is 11.7 Å². The van der Waals surface area contributed by atoms with Crippen molar-refractivity contribution in [2.45, 2.75) is 24.8 Å². The summed E-state index contributed by atoms with van der Waals surface area (Å²) in [7, 11) is -3.75. The highest BCUT2D eigenvalue weighted by molar-refractivity contribution is 7.89. The molecule has 8 nitrogen and oxygen atoms in total. The van der Waals surface area contributed by atoms with E-state index in [1.807, 2.05) is 13.8 Å². The second-order valence-corrected chi connectivity index (χ2v) is 6.14. The molecule has 0 spiro atoms. The van der Waals surface area contributed by atoms with Gasteiger partial charge in [0, 0.05) is 18.7 Å². The third-order valence-electron chi connectivity index (χ3n) is 2.58. The van der Waals surface area contributed by atoms with Crippen molar-refractivity contribution < 1.29 is 13.3 Å². The van der Waals surface area contributed by atoms with Crippen LogP contribution in [0.2, 0.25) is 0 Å². The van der Waals surface area contributed by atoms with Gasteiger partial charge >= 0.3 is 5.82 Å². The maximum Gasteiger partial charge on any atom is 0.363 e. The number of nitrogens with one attached hydrogen (secondary N) is 1. The van der Waals surface area contributed by atoms with Crippen LogP contribution in [-0.4, -0.2) is 30.9 Å². The Kier molecular flexibility index (Phi) is 4.92. The first-order chi connectivity index (χ1) is 8.74. The van der Waals surface area contributed by atoms with Crippen molar-refractivity contribution in [2.75, 3.05) is 6.54 Å². The second-order valence-electron chi connectivity index (χ2n) is 4.37. The van der Waals surface area contributed by atoms with Gasteiger partial charge in [-0.15, -0.1) is 0 Å². The van der Waals surface area contributed by atoms with Crippen molar-refractivity contribution in [1.29, 1.82) is 0 Å². The first kappa shape index (κ1) is 15.5. The average Bonchev–Trinajstić information content (AvgIpc) is 2.36. The highest BCUT2D eigenvalue weighted by Crippen LogP contribution is 2.12. The number of nitro groups is 1. The molecular weight excluding hydrogens is 272 g/mol. The molecular formula is C10H16N4O4S. The topological polar surface area (TPSA) is 128 Å². The van der Waals surface area contributed by atoms with Crippen LogP contribution in [0.5, 0.6) is 0 Å². The number of hydrogen-bond donors (Lipinski definition) is 2. The quantitative estimate of drug-likeness (QED) is 0.570. The van der Waals surface area contributed by atoms with E-state index in [2.05, 4.69) is 9.71 Å². The lowest BCUT2D eigenvalue weighted by Gasteiger charge is -2.15. The average molecular weight is 288 g/mol. The highest BCUT2D eigenvalue weighted by atomic mass is 32.2. The molecule has 106 valence electrons. The summed E-state index contributed by atoms with van der Waals surface area (Å²) in [6.45, 7) is 3.86. The monoisotopic (exact) mass is 288 g/mol. The Morgan fingerprint density at radius 1 is 1.47 bits per heavy atom. The van der Waals surface area contributed by atoms with Crippen LogP contribution in [0.1, 0.15) is 13.8 Å². The van der Waals surface area contributed by atoms with E-state index in [0.717, 1.165) is 18.3 Å². The molecule has 0 aliphatic rings. The fraction of sp³-hybridized carbons (Fsp3) is 0.500. The zero-order valence-electron chi connectivity index (χ0n) is 10.6. The zero-order chi connectivity index (χ0) is 14.6. The Morgan fingerprint density at radius 3 is 2.53 bits per heavy atom. The van der Waals surface area contributed by atoms with Crippen molar-refractivity contribution in [3.8, 4) is 0 Å². The number of aromatic nitrogens is 1. The Bertz CT molecular complexity index is 541. The molecule has 1 heterocycles. The number of hydrogen-bond acceptors (Lipinski definition) is 6. The minimum Gasteiger partial charge on any atom is -0.358 e. The molecule has 0 saturated carbocycles. The molecule has 0 radical (unpaired) electrons. The molecule has 1 aromatic rings. The molecule has 1 atom stereocenters. The molecule has 9 heteroatoms. The largest absolute Gasteiger partial charge is 0.363 e. The van der Waals surface area contributed by atoms with Crippen molar-refractivity contribution in [3.05, 3.63) is 28.4 Å². The van der Waals surface area contributed by atoms with Crippen molar-refractivity contribution in [3.63, 3.8) is 0 Å². The molecule has 0 aliphatic heterocycles. The van der Waals surface area contributed by atoms with E-state index in [1.54, 1.807) is 0 Å². The predicted molar refractivity (Wildman–Crippen MR) is 68.9 cm³/mol. The highest BCUT2D eigenvalue weighted by Gasteiger charge is 2.19. The van der Waals surface area contributed by atoms with Gasteiger partial charge in [0.25, 0.3) is 0 Å². The maximum atomic E-state index is 11.9. The summed E-state index contributed by atoms with van der Waals surface area (Å²) in [5.74, 6) is -0.268. The summed E-state index contributed by atoms with van der Waals surface area (Å²) >= 11 is 0. The van der Waals surface area contributed by atoms with E-state index in [4.69, 9.17) is 5.73 Å². The normalized spacial score (nSPS) is 13.5. The van der Waals surface area contributed by atoms with Gasteiger partial charge < -0.3 is 15.8 Å². The fourth-order valence-electron chi connectivity index (χ4n) is 1.16. The Hall–Kier alpha value is -1.58. The second kappa shape index (κ2) is 6.04. The third-order valence-corrected chi connectivity index (χ3v) is 3.99. The van der Waals surface area contributed by atoms with E-state index in [-0.39, 0.29) is 23.4 Å². The maximum absolute atomic E-state index is 11.9. The molecule has 1 unspecified atom stereocenters. The fourth-order valence-corrected chi connectivity index (χ4v) is 2.18. The predicted octanol–water partition coefficient (Wildman–Crippen LogP) is 0.251. The molecule has 0 aliphatic carbocycles. The summed E-state index contributed by atoms with van der Waals surface area (Å²) in [5.41, 5.74) is 5.73. The molecule has 0 aromatic carbocycles. The third kappa shape index (κ3) is 4.23.